The zero-order chi connectivity index (χ0) is 25.9. The lowest BCUT2D eigenvalue weighted by Crippen LogP contribution is -2.41. The summed E-state index contributed by atoms with van der Waals surface area (Å²) >= 11 is 0. The summed E-state index contributed by atoms with van der Waals surface area (Å²) in [7, 11) is -3.67. The number of aryl methyl sites for hydroxylation is 2. The first-order valence-corrected chi connectivity index (χ1v) is 13.7. The molecule has 1 amide bonds. The molecule has 0 saturated heterocycles. The number of carbonyl (C=O) groups is 1. The van der Waals surface area contributed by atoms with Crippen molar-refractivity contribution in [2.75, 3.05) is 0 Å². The lowest BCUT2D eigenvalue weighted by atomic mass is 9.85. The molecule has 8 heteroatoms. The summed E-state index contributed by atoms with van der Waals surface area (Å²) in [6.45, 7) is 5.74. The SMILES string of the molecule is Cc1cc(-c2ccc(S(=O)(=O)N[C@H]3CC[C@H](C(=O)N[C@H](C)c4ccc(F)cc4)CC3)cc2)cc(C)n1. The summed E-state index contributed by atoms with van der Waals surface area (Å²) in [5.41, 5.74) is 4.60. The van der Waals surface area contributed by atoms with Crippen molar-refractivity contribution in [3.8, 4) is 11.1 Å². The smallest absolute Gasteiger partial charge is 0.240 e. The van der Waals surface area contributed by atoms with Crippen LogP contribution in [0.3, 0.4) is 0 Å². The Labute approximate surface area is 212 Å². The molecular weight excluding hydrogens is 477 g/mol. The topological polar surface area (TPSA) is 88.2 Å². The highest BCUT2D eigenvalue weighted by molar-refractivity contribution is 7.89. The Morgan fingerprint density at radius 2 is 1.50 bits per heavy atom. The highest BCUT2D eigenvalue weighted by atomic mass is 32.2. The van der Waals surface area contributed by atoms with Gasteiger partial charge in [-0.3, -0.25) is 9.78 Å². The number of aromatic nitrogens is 1. The van der Waals surface area contributed by atoms with Crippen LogP contribution in [0, 0.1) is 25.6 Å². The van der Waals surface area contributed by atoms with Gasteiger partial charge in [0.15, 0.2) is 0 Å². The average Bonchev–Trinajstić information content (AvgIpc) is 2.84. The summed E-state index contributed by atoms with van der Waals surface area (Å²) in [5.74, 6) is -0.529. The lowest BCUT2D eigenvalue weighted by molar-refractivity contribution is -0.126. The molecule has 1 aliphatic carbocycles. The predicted molar refractivity (Wildman–Crippen MR) is 138 cm³/mol. The van der Waals surface area contributed by atoms with Crippen LogP contribution < -0.4 is 10.0 Å². The molecular formula is C28H32FN3O3S. The molecule has 4 rings (SSSR count). The molecule has 6 nitrogen and oxygen atoms in total. The molecule has 1 aromatic heterocycles. The number of hydrogen-bond acceptors (Lipinski definition) is 4. The van der Waals surface area contributed by atoms with Crippen molar-refractivity contribution in [2.45, 2.75) is 63.4 Å². The van der Waals surface area contributed by atoms with E-state index >= 15 is 0 Å². The Hall–Kier alpha value is -3.10. The predicted octanol–water partition coefficient (Wildman–Crippen LogP) is 5.22. The Kier molecular flexibility index (Phi) is 7.85. The number of carbonyl (C=O) groups excluding carboxylic acids is 1. The van der Waals surface area contributed by atoms with Crippen molar-refractivity contribution in [3.05, 3.63) is 83.4 Å². The number of nitrogens with zero attached hydrogens (tertiary/aromatic N) is 1. The maximum Gasteiger partial charge on any atom is 0.240 e. The molecule has 1 heterocycles. The third-order valence-electron chi connectivity index (χ3n) is 6.73. The molecule has 0 spiro atoms. The van der Waals surface area contributed by atoms with Crippen molar-refractivity contribution in [2.24, 2.45) is 5.92 Å². The van der Waals surface area contributed by atoms with Crippen molar-refractivity contribution in [3.63, 3.8) is 0 Å². The van der Waals surface area contributed by atoms with E-state index in [0.29, 0.717) is 25.7 Å². The Bertz CT molecular complexity index is 1300. The van der Waals surface area contributed by atoms with E-state index in [4.69, 9.17) is 0 Å². The number of hydrogen-bond donors (Lipinski definition) is 2. The molecule has 1 aliphatic rings. The second-order valence-corrected chi connectivity index (χ2v) is 11.3. The van der Waals surface area contributed by atoms with Crippen molar-refractivity contribution < 1.29 is 17.6 Å². The standard InChI is InChI=1S/C28H32FN3O3S/c1-18-16-24(17-19(2)30-18)22-8-14-27(15-9-22)36(34,35)32-26-12-6-23(7-13-26)28(33)31-20(3)21-4-10-25(29)11-5-21/h4-5,8-11,14-17,20,23,26,32H,6-7,12-13H2,1-3H3,(H,31,33)/t20-,23-,26-/m1/s1. The van der Waals surface area contributed by atoms with E-state index in [2.05, 4.69) is 15.0 Å². The van der Waals surface area contributed by atoms with Crippen LogP contribution in [0.1, 0.15) is 55.6 Å². The Balaban J connectivity index is 1.31. The summed E-state index contributed by atoms with van der Waals surface area (Å²) in [6, 6.07) is 16.5. The highest BCUT2D eigenvalue weighted by Crippen LogP contribution is 2.28. The van der Waals surface area contributed by atoms with Gasteiger partial charge in [0.25, 0.3) is 0 Å². The minimum Gasteiger partial charge on any atom is -0.349 e. The van der Waals surface area contributed by atoms with E-state index in [1.165, 1.54) is 12.1 Å². The fourth-order valence-electron chi connectivity index (χ4n) is 4.75. The van der Waals surface area contributed by atoms with Crippen molar-refractivity contribution in [1.29, 1.82) is 0 Å². The maximum atomic E-state index is 13.1. The molecule has 1 fully saturated rings. The van der Waals surface area contributed by atoms with Gasteiger partial charge in [0.2, 0.25) is 15.9 Å². The van der Waals surface area contributed by atoms with Crippen LogP contribution in [0.25, 0.3) is 11.1 Å². The summed E-state index contributed by atoms with van der Waals surface area (Å²) < 4.78 is 41.9. The van der Waals surface area contributed by atoms with E-state index in [1.54, 1.807) is 24.3 Å². The van der Waals surface area contributed by atoms with E-state index in [9.17, 15) is 17.6 Å². The van der Waals surface area contributed by atoms with E-state index in [1.807, 2.05) is 45.0 Å². The molecule has 2 N–H and O–H groups in total. The first kappa shape index (κ1) is 26.0. The molecule has 1 saturated carbocycles. The fraction of sp³-hybridized carbons (Fsp3) is 0.357. The first-order chi connectivity index (χ1) is 17.1. The van der Waals surface area contributed by atoms with Gasteiger partial charge in [-0.15, -0.1) is 0 Å². The van der Waals surface area contributed by atoms with Crippen LogP contribution in [-0.2, 0) is 14.8 Å². The molecule has 3 aromatic rings. The van der Waals surface area contributed by atoms with Crippen LogP contribution >= 0.6 is 0 Å². The van der Waals surface area contributed by atoms with Crippen molar-refractivity contribution in [1.82, 2.24) is 15.0 Å². The fourth-order valence-corrected chi connectivity index (χ4v) is 6.06. The molecule has 36 heavy (non-hydrogen) atoms. The molecule has 0 bridgehead atoms. The van der Waals surface area contributed by atoms with Gasteiger partial charge < -0.3 is 5.32 Å². The largest absolute Gasteiger partial charge is 0.349 e. The minimum atomic E-state index is -3.67. The van der Waals surface area contributed by atoms with Gasteiger partial charge >= 0.3 is 0 Å². The van der Waals surface area contributed by atoms with E-state index in [-0.39, 0.29) is 34.6 Å². The minimum absolute atomic E-state index is 0.0506. The number of nitrogens with one attached hydrogen (secondary N) is 2. The number of pyridine rings is 1. The lowest BCUT2D eigenvalue weighted by Gasteiger charge is -2.29. The molecule has 0 radical (unpaired) electrons. The van der Waals surface area contributed by atoms with Gasteiger partial charge in [0, 0.05) is 23.3 Å². The van der Waals surface area contributed by atoms with Gasteiger partial charge in [-0.25, -0.2) is 17.5 Å². The molecule has 1 atom stereocenters. The number of benzene rings is 2. The van der Waals surface area contributed by atoms with Gasteiger partial charge in [-0.1, -0.05) is 24.3 Å². The number of sulfonamides is 1. The monoisotopic (exact) mass is 509 g/mol. The molecule has 190 valence electrons. The number of halogens is 1. The van der Waals surface area contributed by atoms with Crippen LogP contribution in [0.5, 0.6) is 0 Å². The second kappa shape index (κ2) is 10.9. The van der Waals surface area contributed by atoms with Gasteiger partial charge in [0.1, 0.15) is 5.82 Å². The summed E-state index contributed by atoms with van der Waals surface area (Å²) in [4.78, 5) is 17.3. The first-order valence-electron chi connectivity index (χ1n) is 12.2. The van der Waals surface area contributed by atoms with E-state index < -0.39 is 10.0 Å². The van der Waals surface area contributed by atoms with Crippen molar-refractivity contribution >= 4 is 15.9 Å². The maximum absolute atomic E-state index is 13.1. The van der Waals surface area contributed by atoms with Crippen LogP contribution in [-0.4, -0.2) is 25.4 Å². The van der Waals surface area contributed by atoms with Crippen LogP contribution in [0.2, 0.25) is 0 Å². The van der Waals surface area contributed by atoms with Gasteiger partial charge in [-0.05, 0) is 99.5 Å². The zero-order valence-corrected chi connectivity index (χ0v) is 21.6. The second-order valence-electron chi connectivity index (χ2n) is 9.61. The van der Waals surface area contributed by atoms with Crippen LogP contribution in [0.4, 0.5) is 4.39 Å². The molecule has 2 aromatic carbocycles. The third-order valence-corrected chi connectivity index (χ3v) is 8.26. The zero-order valence-electron chi connectivity index (χ0n) is 20.8. The normalized spacial score (nSPS) is 19.0. The van der Waals surface area contributed by atoms with E-state index in [0.717, 1.165) is 28.1 Å². The highest BCUT2D eigenvalue weighted by Gasteiger charge is 2.29. The molecule has 0 aliphatic heterocycles. The average molecular weight is 510 g/mol. The van der Waals surface area contributed by atoms with Crippen LogP contribution in [0.15, 0.2) is 65.6 Å². The number of rotatable bonds is 7. The van der Waals surface area contributed by atoms with Gasteiger partial charge in [-0.2, -0.15) is 0 Å². The summed E-state index contributed by atoms with van der Waals surface area (Å²) in [6.07, 6.45) is 2.40. The third kappa shape index (κ3) is 6.36. The summed E-state index contributed by atoms with van der Waals surface area (Å²) in [5, 5.41) is 3.00. The number of amides is 1. The van der Waals surface area contributed by atoms with Gasteiger partial charge in [0.05, 0.1) is 10.9 Å². The Morgan fingerprint density at radius 3 is 2.08 bits per heavy atom. The molecule has 0 unspecified atom stereocenters. The Morgan fingerprint density at radius 1 is 0.917 bits per heavy atom. The quantitative estimate of drug-likeness (QED) is 0.457.